The number of ether oxygens (including phenoxy) is 1. The number of hydrogen-bond acceptors (Lipinski definition) is 4. The normalized spacial score (nSPS) is 9.83. The van der Waals surface area contributed by atoms with Gasteiger partial charge in [0.25, 0.3) is 0 Å². The third-order valence-electron chi connectivity index (χ3n) is 2.78. The van der Waals surface area contributed by atoms with Crippen LogP contribution in [0.5, 0.6) is 5.75 Å². The first-order valence-corrected chi connectivity index (χ1v) is 7.54. The van der Waals surface area contributed by atoms with Crippen molar-refractivity contribution < 1.29 is 19.1 Å². The number of hydrogen-bond donors (Lipinski definition) is 2. The molecule has 0 aliphatic rings. The number of rotatable bonds is 5. The SMILES string of the molecule is NC(=O)N(O)CC#CCc1ccc(COc2ccc(F)cc2)s1. The van der Waals surface area contributed by atoms with Crippen molar-refractivity contribution in [1.29, 1.82) is 0 Å². The molecule has 0 spiro atoms. The van der Waals surface area contributed by atoms with Crippen LogP contribution in [0.2, 0.25) is 0 Å². The molecule has 5 nitrogen and oxygen atoms in total. The Kier molecular flexibility index (Phi) is 5.97. The summed E-state index contributed by atoms with van der Waals surface area (Å²) >= 11 is 1.55. The topological polar surface area (TPSA) is 75.8 Å². The molecular formula is C16H15FN2O3S. The van der Waals surface area contributed by atoms with Gasteiger partial charge in [0, 0.05) is 16.2 Å². The van der Waals surface area contributed by atoms with E-state index in [1.54, 1.807) is 23.5 Å². The van der Waals surface area contributed by atoms with Crippen LogP contribution in [0, 0.1) is 17.7 Å². The molecule has 2 aromatic rings. The maximum atomic E-state index is 12.8. The summed E-state index contributed by atoms with van der Waals surface area (Å²) in [5, 5.41) is 9.39. The summed E-state index contributed by atoms with van der Waals surface area (Å²) < 4.78 is 18.3. The van der Waals surface area contributed by atoms with Gasteiger partial charge >= 0.3 is 6.03 Å². The van der Waals surface area contributed by atoms with Crippen LogP contribution in [-0.4, -0.2) is 22.8 Å². The van der Waals surface area contributed by atoms with Crippen molar-refractivity contribution in [2.24, 2.45) is 5.73 Å². The largest absolute Gasteiger partial charge is 0.488 e. The van der Waals surface area contributed by atoms with Crippen LogP contribution in [0.4, 0.5) is 9.18 Å². The van der Waals surface area contributed by atoms with E-state index in [0.29, 0.717) is 23.8 Å². The molecule has 0 unspecified atom stereocenters. The van der Waals surface area contributed by atoms with Crippen LogP contribution in [0.25, 0.3) is 0 Å². The number of thiophene rings is 1. The van der Waals surface area contributed by atoms with Gasteiger partial charge in [0.1, 0.15) is 24.7 Å². The highest BCUT2D eigenvalue weighted by Crippen LogP contribution is 2.19. The molecular weight excluding hydrogens is 319 g/mol. The van der Waals surface area contributed by atoms with E-state index in [1.807, 2.05) is 12.1 Å². The number of carbonyl (C=O) groups is 1. The van der Waals surface area contributed by atoms with E-state index in [0.717, 1.165) is 9.75 Å². The highest BCUT2D eigenvalue weighted by molar-refractivity contribution is 7.12. The second-order valence-electron chi connectivity index (χ2n) is 4.54. The molecule has 2 rings (SSSR count). The van der Waals surface area contributed by atoms with E-state index in [4.69, 9.17) is 15.7 Å². The molecule has 1 aromatic heterocycles. The summed E-state index contributed by atoms with van der Waals surface area (Å²) in [5.74, 6) is 5.81. The Morgan fingerprint density at radius 3 is 2.61 bits per heavy atom. The molecule has 0 fully saturated rings. The summed E-state index contributed by atoms with van der Waals surface area (Å²) in [4.78, 5) is 12.6. The molecule has 23 heavy (non-hydrogen) atoms. The zero-order chi connectivity index (χ0) is 16.7. The van der Waals surface area contributed by atoms with Crippen LogP contribution in [0.3, 0.4) is 0 Å². The fourth-order valence-electron chi connectivity index (χ4n) is 1.64. The van der Waals surface area contributed by atoms with Crippen molar-refractivity contribution in [3.05, 3.63) is 52.0 Å². The van der Waals surface area contributed by atoms with Gasteiger partial charge in [0.15, 0.2) is 0 Å². The first-order chi connectivity index (χ1) is 11.0. The smallest absolute Gasteiger partial charge is 0.339 e. The fraction of sp³-hybridized carbons (Fsp3) is 0.188. The van der Waals surface area contributed by atoms with Crippen molar-refractivity contribution in [3.63, 3.8) is 0 Å². The zero-order valence-electron chi connectivity index (χ0n) is 12.2. The number of benzene rings is 1. The number of urea groups is 1. The summed E-state index contributed by atoms with van der Waals surface area (Å²) in [6, 6.07) is 8.79. The van der Waals surface area contributed by atoms with E-state index in [-0.39, 0.29) is 12.4 Å². The van der Waals surface area contributed by atoms with Crippen molar-refractivity contribution >= 4 is 17.4 Å². The van der Waals surface area contributed by atoms with Gasteiger partial charge in [-0.25, -0.2) is 9.18 Å². The van der Waals surface area contributed by atoms with Gasteiger partial charge in [-0.3, -0.25) is 5.21 Å². The molecule has 0 atom stereocenters. The van der Waals surface area contributed by atoms with Gasteiger partial charge < -0.3 is 10.5 Å². The predicted molar refractivity (Wildman–Crippen MR) is 84.6 cm³/mol. The predicted octanol–water partition coefficient (Wildman–Crippen LogP) is 2.78. The average Bonchev–Trinajstić information content (AvgIpc) is 2.98. The molecule has 0 aliphatic heterocycles. The fourth-order valence-corrected chi connectivity index (χ4v) is 2.51. The molecule has 0 aliphatic carbocycles. The van der Waals surface area contributed by atoms with E-state index >= 15 is 0 Å². The molecule has 0 saturated heterocycles. The zero-order valence-corrected chi connectivity index (χ0v) is 13.0. The summed E-state index contributed by atoms with van der Waals surface area (Å²) in [6.45, 7) is 0.275. The Bertz CT molecular complexity index is 719. The molecule has 0 saturated carbocycles. The lowest BCUT2D eigenvalue weighted by atomic mass is 10.3. The van der Waals surface area contributed by atoms with Gasteiger partial charge in [0.05, 0.1) is 0 Å². The molecule has 0 radical (unpaired) electrons. The van der Waals surface area contributed by atoms with E-state index in [9.17, 15) is 9.18 Å². The van der Waals surface area contributed by atoms with Crippen molar-refractivity contribution in [2.45, 2.75) is 13.0 Å². The number of carbonyl (C=O) groups excluding carboxylic acids is 1. The number of primary amides is 1. The second kappa shape index (κ2) is 8.17. The van der Waals surface area contributed by atoms with Crippen LogP contribution >= 0.6 is 11.3 Å². The van der Waals surface area contributed by atoms with Crippen molar-refractivity contribution in [2.75, 3.05) is 6.54 Å². The Balaban J connectivity index is 1.80. The molecule has 1 heterocycles. The second-order valence-corrected chi connectivity index (χ2v) is 5.79. The molecule has 2 amide bonds. The lowest BCUT2D eigenvalue weighted by Crippen LogP contribution is -2.32. The lowest BCUT2D eigenvalue weighted by Gasteiger charge is -2.05. The Morgan fingerprint density at radius 1 is 1.22 bits per heavy atom. The molecule has 120 valence electrons. The van der Waals surface area contributed by atoms with Crippen LogP contribution in [-0.2, 0) is 13.0 Å². The van der Waals surface area contributed by atoms with E-state index in [1.165, 1.54) is 12.1 Å². The third-order valence-corrected chi connectivity index (χ3v) is 3.84. The summed E-state index contributed by atoms with van der Waals surface area (Å²) in [7, 11) is 0. The first kappa shape index (κ1) is 16.8. The van der Waals surface area contributed by atoms with Crippen LogP contribution in [0.15, 0.2) is 36.4 Å². The number of nitrogens with two attached hydrogens (primary N) is 1. The maximum Gasteiger partial charge on any atom is 0.339 e. The van der Waals surface area contributed by atoms with Gasteiger partial charge in [-0.2, -0.15) is 5.06 Å². The van der Waals surface area contributed by atoms with Gasteiger partial charge in [-0.05, 0) is 36.4 Å². The minimum atomic E-state index is -0.935. The Hall–Kier alpha value is -2.56. The van der Waals surface area contributed by atoms with Gasteiger partial charge in [-0.1, -0.05) is 11.8 Å². The number of amides is 2. The molecule has 7 heteroatoms. The maximum absolute atomic E-state index is 12.8. The first-order valence-electron chi connectivity index (χ1n) is 6.72. The molecule has 3 N–H and O–H groups in total. The third kappa shape index (κ3) is 5.62. The van der Waals surface area contributed by atoms with Crippen LogP contribution in [0.1, 0.15) is 9.75 Å². The summed E-state index contributed by atoms with van der Waals surface area (Å²) in [6.07, 6.45) is 0.508. The highest BCUT2D eigenvalue weighted by Gasteiger charge is 2.02. The molecule has 0 bridgehead atoms. The minimum Gasteiger partial charge on any atom is -0.488 e. The van der Waals surface area contributed by atoms with E-state index in [2.05, 4.69) is 11.8 Å². The highest BCUT2D eigenvalue weighted by atomic mass is 32.1. The molecule has 1 aromatic carbocycles. The standard InChI is InChI=1S/C16H15FN2O3S/c17-12-4-6-13(7-5-12)22-11-15-9-8-14(23-15)3-1-2-10-19(21)16(18)20/h4-9,21H,3,10-11H2,(H2,18,20). The summed E-state index contributed by atoms with van der Waals surface area (Å²) in [5.41, 5.74) is 4.86. The monoisotopic (exact) mass is 334 g/mol. The number of nitrogens with zero attached hydrogens (tertiary/aromatic N) is 1. The Labute approximate surface area is 137 Å². The Morgan fingerprint density at radius 2 is 1.91 bits per heavy atom. The van der Waals surface area contributed by atoms with Gasteiger partial charge in [0.2, 0.25) is 0 Å². The quantitative estimate of drug-likeness (QED) is 0.501. The average molecular weight is 334 g/mol. The van der Waals surface area contributed by atoms with Gasteiger partial charge in [-0.15, -0.1) is 11.3 Å². The van der Waals surface area contributed by atoms with Crippen molar-refractivity contribution in [1.82, 2.24) is 5.06 Å². The number of hydroxylamine groups is 2. The van der Waals surface area contributed by atoms with Crippen LogP contribution < -0.4 is 10.5 Å². The lowest BCUT2D eigenvalue weighted by molar-refractivity contribution is -0.0269. The van der Waals surface area contributed by atoms with Crippen molar-refractivity contribution in [3.8, 4) is 17.6 Å². The number of halogens is 1. The van der Waals surface area contributed by atoms with E-state index < -0.39 is 6.03 Å². The minimum absolute atomic E-state index is 0.124.